The summed E-state index contributed by atoms with van der Waals surface area (Å²) in [6.07, 6.45) is 9.59. The van der Waals surface area contributed by atoms with Crippen LogP contribution in [-0.4, -0.2) is 35.8 Å². The molecule has 172 valence electrons. The van der Waals surface area contributed by atoms with Crippen LogP contribution in [0, 0.1) is 29.1 Å². The molecule has 4 aliphatic carbocycles. The molecule has 4 bridgehead atoms. The van der Waals surface area contributed by atoms with Crippen molar-refractivity contribution >= 4 is 23.5 Å². The molecule has 0 aromatic heterocycles. The van der Waals surface area contributed by atoms with E-state index in [0.717, 1.165) is 29.9 Å². The minimum Gasteiger partial charge on any atom is -0.324 e. The quantitative estimate of drug-likeness (QED) is 0.626. The van der Waals surface area contributed by atoms with Crippen LogP contribution in [-0.2, 0) is 9.59 Å². The molecule has 5 aliphatic rings. The van der Waals surface area contributed by atoms with E-state index in [0.29, 0.717) is 25.9 Å². The van der Waals surface area contributed by atoms with Crippen molar-refractivity contribution in [3.63, 3.8) is 0 Å². The predicted octanol–water partition coefficient (Wildman–Crippen LogP) is 3.68. The molecule has 1 unspecified atom stereocenters. The fourth-order valence-electron chi connectivity index (χ4n) is 7.22. The van der Waals surface area contributed by atoms with Crippen molar-refractivity contribution in [3.05, 3.63) is 30.3 Å². The van der Waals surface area contributed by atoms with E-state index in [1.807, 2.05) is 30.3 Å². The lowest BCUT2D eigenvalue weighted by atomic mass is 9.49. The number of para-hydroxylation sites is 1. The standard InChI is InChI=1S/C25H34N4O3/c30-22(15-25-12-17-9-18(13-25)11-19(10-17)14-25)27-28-23(31)20-5-4-8-29(16-20)24(32)26-21-6-2-1-3-7-21/h1-3,6-7,17-20H,4-5,8-16H2,(H,26,32)(H,27,30)(H,28,31). The first-order valence-electron chi connectivity index (χ1n) is 12.2. The van der Waals surface area contributed by atoms with E-state index < -0.39 is 0 Å². The first-order valence-corrected chi connectivity index (χ1v) is 12.2. The average molecular weight is 439 g/mol. The molecular weight excluding hydrogens is 404 g/mol. The Morgan fingerprint density at radius 1 is 0.938 bits per heavy atom. The molecule has 1 heterocycles. The number of carbonyl (C=O) groups is 3. The molecule has 4 saturated carbocycles. The summed E-state index contributed by atoms with van der Waals surface area (Å²) in [6.45, 7) is 0.982. The summed E-state index contributed by atoms with van der Waals surface area (Å²) < 4.78 is 0. The SMILES string of the molecule is O=C(CC12CC3CC(CC(C3)C1)C2)NNC(=O)C1CCCN(C(=O)Nc2ccccc2)C1. The summed E-state index contributed by atoms with van der Waals surface area (Å²) >= 11 is 0. The smallest absolute Gasteiger partial charge is 0.321 e. The Morgan fingerprint density at radius 2 is 1.59 bits per heavy atom. The Labute approximate surface area is 189 Å². The van der Waals surface area contributed by atoms with Crippen molar-refractivity contribution in [1.29, 1.82) is 0 Å². The number of nitrogens with zero attached hydrogens (tertiary/aromatic N) is 1. The van der Waals surface area contributed by atoms with Crippen LogP contribution in [0.2, 0.25) is 0 Å². The normalized spacial score (nSPS) is 32.9. The monoisotopic (exact) mass is 438 g/mol. The highest BCUT2D eigenvalue weighted by molar-refractivity contribution is 5.90. The number of likely N-dealkylation sites (tertiary alicyclic amines) is 1. The minimum atomic E-state index is -0.315. The van der Waals surface area contributed by atoms with Gasteiger partial charge in [-0.05, 0) is 86.7 Å². The number of amides is 4. The molecule has 0 radical (unpaired) electrons. The molecule has 0 spiro atoms. The van der Waals surface area contributed by atoms with Gasteiger partial charge in [0, 0.05) is 25.2 Å². The number of rotatable bonds is 4. The van der Waals surface area contributed by atoms with Crippen molar-refractivity contribution in [2.45, 2.75) is 57.8 Å². The van der Waals surface area contributed by atoms with Gasteiger partial charge in [-0.3, -0.25) is 20.4 Å². The van der Waals surface area contributed by atoms with Crippen LogP contribution in [0.5, 0.6) is 0 Å². The Morgan fingerprint density at radius 3 is 2.25 bits per heavy atom. The number of piperidine rings is 1. The molecule has 1 saturated heterocycles. The first-order chi connectivity index (χ1) is 15.5. The van der Waals surface area contributed by atoms with Gasteiger partial charge in [0.15, 0.2) is 0 Å². The fourth-order valence-corrected chi connectivity index (χ4v) is 7.22. The summed E-state index contributed by atoms with van der Waals surface area (Å²) in [5.41, 5.74) is 6.22. The zero-order valence-corrected chi connectivity index (χ0v) is 18.6. The number of hydrogen-bond acceptors (Lipinski definition) is 3. The molecule has 32 heavy (non-hydrogen) atoms. The maximum Gasteiger partial charge on any atom is 0.321 e. The van der Waals surface area contributed by atoms with Gasteiger partial charge in [-0.1, -0.05) is 18.2 Å². The van der Waals surface area contributed by atoms with Gasteiger partial charge in [0.25, 0.3) is 0 Å². The molecule has 3 N–H and O–H groups in total. The molecule has 4 amide bonds. The predicted molar refractivity (Wildman–Crippen MR) is 121 cm³/mol. The highest BCUT2D eigenvalue weighted by Crippen LogP contribution is 2.61. The highest BCUT2D eigenvalue weighted by Gasteiger charge is 2.51. The van der Waals surface area contributed by atoms with E-state index in [9.17, 15) is 14.4 Å². The molecule has 1 atom stereocenters. The number of carbonyl (C=O) groups excluding carboxylic acids is 3. The lowest BCUT2D eigenvalue weighted by molar-refractivity contribution is -0.136. The van der Waals surface area contributed by atoms with Crippen LogP contribution in [0.4, 0.5) is 10.5 Å². The lowest BCUT2D eigenvalue weighted by Crippen LogP contribution is -2.52. The topological polar surface area (TPSA) is 90.5 Å². The van der Waals surface area contributed by atoms with Gasteiger partial charge in [0.2, 0.25) is 11.8 Å². The van der Waals surface area contributed by atoms with E-state index in [4.69, 9.17) is 0 Å². The molecule has 1 aliphatic heterocycles. The zero-order chi connectivity index (χ0) is 22.1. The van der Waals surface area contributed by atoms with E-state index >= 15 is 0 Å². The third-order valence-electron chi connectivity index (χ3n) is 8.13. The van der Waals surface area contributed by atoms with Crippen molar-refractivity contribution in [1.82, 2.24) is 15.8 Å². The van der Waals surface area contributed by atoms with Crippen LogP contribution >= 0.6 is 0 Å². The highest BCUT2D eigenvalue weighted by atomic mass is 16.2. The molecule has 1 aromatic carbocycles. The van der Waals surface area contributed by atoms with Crippen molar-refractivity contribution in [2.24, 2.45) is 29.1 Å². The van der Waals surface area contributed by atoms with Crippen molar-refractivity contribution in [3.8, 4) is 0 Å². The second-order valence-electron chi connectivity index (χ2n) is 10.7. The van der Waals surface area contributed by atoms with Crippen molar-refractivity contribution in [2.75, 3.05) is 18.4 Å². The van der Waals surface area contributed by atoms with Gasteiger partial charge < -0.3 is 10.2 Å². The number of benzene rings is 1. The van der Waals surface area contributed by atoms with E-state index in [1.165, 1.54) is 38.5 Å². The van der Waals surface area contributed by atoms with Gasteiger partial charge >= 0.3 is 6.03 Å². The molecule has 6 rings (SSSR count). The van der Waals surface area contributed by atoms with E-state index in [1.54, 1.807) is 4.90 Å². The van der Waals surface area contributed by atoms with Gasteiger partial charge in [-0.15, -0.1) is 0 Å². The largest absolute Gasteiger partial charge is 0.324 e. The zero-order valence-electron chi connectivity index (χ0n) is 18.6. The number of urea groups is 1. The Kier molecular flexibility index (Phi) is 5.82. The molecule has 7 nitrogen and oxygen atoms in total. The maximum absolute atomic E-state index is 12.7. The second-order valence-corrected chi connectivity index (χ2v) is 10.7. The molecule has 7 heteroatoms. The second kappa shape index (κ2) is 8.75. The van der Waals surface area contributed by atoms with Gasteiger partial charge in [-0.2, -0.15) is 0 Å². The minimum absolute atomic E-state index is 0.0743. The fraction of sp³-hybridized carbons (Fsp3) is 0.640. The number of hydrazine groups is 1. The van der Waals surface area contributed by atoms with E-state index in [2.05, 4.69) is 16.2 Å². The van der Waals surface area contributed by atoms with Crippen LogP contribution < -0.4 is 16.2 Å². The van der Waals surface area contributed by atoms with Crippen LogP contribution in [0.25, 0.3) is 0 Å². The number of nitrogens with one attached hydrogen (secondary N) is 3. The van der Waals surface area contributed by atoms with Crippen molar-refractivity contribution < 1.29 is 14.4 Å². The first kappa shape index (κ1) is 21.3. The summed E-state index contributed by atoms with van der Waals surface area (Å²) in [4.78, 5) is 39.6. The summed E-state index contributed by atoms with van der Waals surface area (Å²) in [5, 5.41) is 2.88. The molecule has 1 aromatic rings. The lowest BCUT2D eigenvalue weighted by Gasteiger charge is -2.56. The molecular formula is C25H34N4O3. The number of hydrogen-bond donors (Lipinski definition) is 3. The third-order valence-corrected chi connectivity index (χ3v) is 8.13. The van der Waals surface area contributed by atoms with Crippen LogP contribution in [0.3, 0.4) is 0 Å². The average Bonchev–Trinajstić information content (AvgIpc) is 2.77. The third kappa shape index (κ3) is 4.62. The van der Waals surface area contributed by atoms with Gasteiger partial charge in [-0.25, -0.2) is 4.79 Å². The van der Waals surface area contributed by atoms with Gasteiger partial charge in [0.05, 0.1) is 5.92 Å². The Balaban J connectivity index is 1.09. The maximum atomic E-state index is 12.7. The summed E-state index contributed by atoms with van der Waals surface area (Å²) in [6, 6.07) is 9.12. The van der Waals surface area contributed by atoms with Crippen LogP contribution in [0.1, 0.15) is 57.8 Å². The van der Waals surface area contributed by atoms with Gasteiger partial charge in [0.1, 0.15) is 0 Å². The summed E-state index contributed by atoms with van der Waals surface area (Å²) in [7, 11) is 0. The summed E-state index contributed by atoms with van der Waals surface area (Å²) in [5.74, 6) is 1.82. The van der Waals surface area contributed by atoms with Crippen LogP contribution in [0.15, 0.2) is 30.3 Å². The molecule has 5 fully saturated rings. The Bertz CT molecular complexity index is 836. The Hall–Kier alpha value is -2.57. The number of anilines is 1. The van der Waals surface area contributed by atoms with E-state index in [-0.39, 0.29) is 29.2 Å².